The molecule has 4 aliphatic rings. The lowest BCUT2D eigenvalue weighted by Crippen LogP contribution is -2.43. The fourth-order valence-corrected chi connectivity index (χ4v) is 10.4. The third-order valence-electron chi connectivity index (χ3n) is 13.9. The van der Waals surface area contributed by atoms with Gasteiger partial charge in [0.2, 0.25) is 0 Å². The number of carbonyl (C=O) groups is 2. The van der Waals surface area contributed by atoms with Gasteiger partial charge in [0.15, 0.2) is 5.79 Å². The Labute approximate surface area is 463 Å². The highest BCUT2D eigenvalue weighted by Gasteiger charge is 2.36. The average molecular weight is 1090 g/mol. The lowest BCUT2D eigenvalue weighted by atomic mass is 9.96. The number of benzene rings is 6. The van der Waals surface area contributed by atoms with Crippen molar-refractivity contribution >= 4 is 57.8 Å². The second kappa shape index (κ2) is 24.5. The van der Waals surface area contributed by atoms with Crippen LogP contribution in [0.5, 0.6) is 0 Å². The Morgan fingerprint density at radius 1 is 0.667 bits per heavy atom. The number of aromatic nitrogens is 4. The van der Waals surface area contributed by atoms with Crippen LogP contribution in [-0.2, 0) is 27.1 Å². The molecule has 6 heterocycles. The SMILES string of the molecule is C1CCOC1.CC1(C)OC[C@H](CN2CCc3c(Nc4ccc(Cl)c(-c5ncc(-c6ccccc6)[nH]5)c4)cccc3C2=O)O1.O=C1c2cccc(Nc3ccc(Cl)c(-c4ncc(-c5ccccc5)[nH]4)c3)c2CCN1C[C@H](O)CO. The molecule has 6 N–H and O–H groups in total. The summed E-state index contributed by atoms with van der Waals surface area (Å²) in [6.07, 6.45) is 6.49. The summed E-state index contributed by atoms with van der Waals surface area (Å²) in [7, 11) is 0. The summed E-state index contributed by atoms with van der Waals surface area (Å²) >= 11 is 13.1. The van der Waals surface area contributed by atoms with Crippen molar-refractivity contribution in [3.63, 3.8) is 0 Å². The zero-order chi connectivity index (χ0) is 54.2. The summed E-state index contributed by atoms with van der Waals surface area (Å²) in [6, 6.07) is 42.8. The topological polar surface area (TPSA) is 190 Å². The Morgan fingerprint density at radius 2 is 1.17 bits per heavy atom. The largest absolute Gasteiger partial charge is 0.394 e. The molecule has 0 spiro atoms. The Hall–Kier alpha value is -7.34. The van der Waals surface area contributed by atoms with E-state index in [9.17, 15) is 14.7 Å². The number of amides is 2. The predicted octanol–water partition coefficient (Wildman–Crippen LogP) is 11.6. The van der Waals surface area contributed by atoms with Crippen molar-refractivity contribution in [3.8, 4) is 45.3 Å². The number of imidazole rings is 2. The minimum atomic E-state index is -0.946. The van der Waals surface area contributed by atoms with Crippen LogP contribution in [0.1, 0.15) is 58.5 Å². The van der Waals surface area contributed by atoms with Crippen molar-refractivity contribution < 1.29 is 34.0 Å². The number of ether oxygens (including phenoxy) is 3. The van der Waals surface area contributed by atoms with E-state index >= 15 is 0 Å². The molecule has 0 saturated carbocycles. The lowest BCUT2D eigenvalue weighted by Gasteiger charge is -2.31. The number of anilines is 4. The maximum atomic E-state index is 13.3. The number of aliphatic hydroxyl groups is 2. The van der Waals surface area contributed by atoms with Gasteiger partial charge in [0.1, 0.15) is 17.8 Å². The van der Waals surface area contributed by atoms with Gasteiger partial charge in [-0.25, -0.2) is 9.97 Å². The van der Waals surface area contributed by atoms with Crippen LogP contribution < -0.4 is 10.6 Å². The Balaban J connectivity index is 0.000000162. The Bertz CT molecular complexity index is 3360. The molecule has 0 aliphatic carbocycles. The van der Waals surface area contributed by atoms with E-state index < -0.39 is 11.9 Å². The number of hydrogen-bond donors (Lipinski definition) is 6. The number of hydrogen-bond acceptors (Lipinski definition) is 11. The van der Waals surface area contributed by atoms with Gasteiger partial charge < -0.3 is 54.8 Å². The molecule has 2 fully saturated rings. The zero-order valence-electron chi connectivity index (χ0n) is 43.5. The summed E-state index contributed by atoms with van der Waals surface area (Å²) in [4.78, 5) is 45.6. The van der Waals surface area contributed by atoms with E-state index in [0.29, 0.717) is 65.5 Å². The quantitative estimate of drug-likeness (QED) is 0.0644. The van der Waals surface area contributed by atoms with E-state index in [-0.39, 0.29) is 31.1 Å². The van der Waals surface area contributed by atoms with Gasteiger partial charge in [-0.2, -0.15) is 0 Å². The highest BCUT2D eigenvalue weighted by atomic mass is 35.5. The van der Waals surface area contributed by atoms with Crippen LogP contribution in [0.2, 0.25) is 10.0 Å². The molecule has 0 radical (unpaired) electrons. The molecule has 78 heavy (non-hydrogen) atoms. The van der Waals surface area contributed by atoms with Crippen molar-refractivity contribution in [2.75, 3.05) is 63.2 Å². The van der Waals surface area contributed by atoms with Gasteiger partial charge in [0.25, 0.3) is 11.8 Å². The molecule has 4 aliphatic heterocycles. The molecule has 12 rings (SSSR count). The molecule has 8 aromatic rings. The third kappa shape index (κ3) is 12.8. The molecule has 17 heteroatoms. The monoisotopic (exact) mass is 1090 g/mol. The molecule has 402 valence electrons. The molecule has 15 nitrogen and oxygen atoms in total. The number of aromatic amines is 2. The van der Waals surface area contributed by atoms with Crippen molar-refractivity contribution in [1.29, 1.82) is 0 Å². The van der Waals surface area contributed by atoms with E-state index in [2.05, 4.69) is 30.6 Å². The van der Waals surface area contributed by atoms with Crippen molar-refractivity contribution in [2.24, 2.45) is 0 Å². The van der Waals surface area contributed by atoms with Crippen LogP contribution in [-0.4, -0.2) is 122 Å². The molecular weight excluding hydrogens is 1030 g/mol. The number of nitrogens with zero attached hydrogens (tertiary/aromatic N) is 4. The van der Waals surface area contributed by atoms with Gasteiger partial charge in [-0.15, -0.1) is 0 Å². The Morgan fingerprint density at radius 3 is 1.63 bits per heavy atom. The first-order valence-electron chi connectivity index (χ1n) is 26.2. The second-order valence-corrected chi connectivity index (χ2v) is 20.7. The van der Waals surface area contributed by atoms with Gasteiger partial charge in [-0.05, 0) is 122 Å². The standard InChI is InChI=1S/C30H29ClN4O3.C27H25ClN4O3.C4H8O/c1-30(2)37-18-21(38-30)17-35-14-13-22-23(29(35)36)9-6-10-26(22)33-20-11-12-25(31)24(15-20)28-32-16-27(34-28)19-7-4-3-5-8-19;28-23-10-9-18(13-22(23)26-29-14-25(31-26)17-5-2-1-3-6-17)30-24-8-4-7-21-20(24)11-12-32(27(21)35)15-19(34)16-33;1-2-4-5-3-1/h3-12,15-16,21,33H,13-14,17-18H2,1-2H3,(H,32,34);1-10,13-14,19,30,33-34H,11-12,15-16H2,(H,29,31);1-4H2/t21-;19-;/m00./s1. The van der Waals surface area contributed by atoms with Gasteiger partial charge in [-0.3, -0.25) is 9.59 Å². The zero-order valence-corrected chi connectivity index (χ0v) is 45.0. The highest BCUT2D eigenvalue weighted by molar-refractivity contribution is 6.33. The first-order valence-corrected chi connectivity index (χ1v) is 27.0. The summed E-state index contributed by atoms with van der Waals surface area (Å²) < 4.78 is 16.5. The molecule has 2 amide bonds. The van der Waals surface area contributed by atoms with Gasteiger partial charge in [0.05, 0.1) is 53.1 Å². The van der Waals surface area contributed by atoms with Crippen LogP contribution in [0.3, 0.4) is 0 Å². The number of carbonyl (C=O) groups excluding carboxylic acids is 2. The predicted molar refractivity (Wildman–Crippen MR) is 306 cm³/mol. The third-order valence-corrected chi connectivity index (χ3v) is 14.6. The van der Waals surface area contributed by atoms with Crippen molar-refractivity contribution in [3.05, 3.63) is 178 Å². The van der Waals surface area contributed by atoms with Crippen LogP contribution >= 0.6 is 23.2 Å². The number of H-pyrrole nitrogens is 2. The maximum absolute atomic E-state index is 13.3. The first kappa shape index (κ1) is 54.0. The van der Waals surface area contributed by atoms with Crippen molar-refractivity contribution in [1.82, 2.24) is 29.7 Å². The maximum Gasteiger partial charge on any atom is 0.254 e. The van der Waals surface area contributed by atoms with E-state index in [0.717, 1.165) is 87.2 Å². The van der Waals surface area contributed by atoms with E-state index in [4.69, 9.17) is 42.5 Å². The number of fused-ring (bicyclic) bond motifs is 2. The van der Waals surface area contributed by atoms with Crippen molar-refractivity contribution in [2.45, 2.75) is 57.5 Å². The molecule has 2 saturated heterocycles. The number of nitrogens with one attached hydrogen (secondary N) is 4. The first-order chi connectivity index (χ1) is 37.9. The fourth-order valence-electron chi connectivity index (χ4n) is 9.98. The summed E-state index contributed by atoms with van der Waals surface area (Å²) in [6.45, 7) is 7.65. The summed E-state index contributed by atoms with van der Waals surface area (Å²) in [5.74, 6) is 0.627. The molecule has 2 aromatic heterocycles. The molecular formula is C61H62Cl2N8O7. The fraction of sp³-hybridized carbons (Fsp3) is 0.279. The minimum absolute atomic E-state index is 0.0176. The average Bonchev–Trinajstić information content (AvgIpc) is 4.38. The van der Waals surface area contributed by atoms with Gasteiger partial charge in [0, 0.05) is 84.4 Å². The Kier molecular flexibility index (Phi) is 17.0. The van der Waals surface area contributed by atoms with E-state index in [1.54, 1.807) is 17.2 Å². The number of halogens is 2. The van der Waals surface area contributed by atoms with Gasteiger partial charge >= 0.3 is 0 Å². The molecule has 2 atom stereocenters. The number of aliphatic hydroxyl groups excluding tert-OH is 2. The molecule has 0 unspecified atom stereocenters. The highest BCUT2D eigenvalue weighted by Crippen LogP contribution is 2.37. The normalized spacial score (nSPS) is 16.8. The lowest BCUT2D eigenvalue weighted by molar-refractivity contribution is -0.139. The van der Waals surface area contributed by atoms with E-state index in [1.165, 1.54) is 12.8 Å². The number of rotatable bonds is 13. The van der Waals surface area contributed by atoms with Crippen LogP contribution in [0.25, 0.3) is 45.3 Å². The smallest absolute Gasteiger partial charge is 0.254 e. The van der Waals surface area contributed by atoms with Gasteiger partial charge in [-0.1, -0.05) is 96.0 Å². The molecule has 6 aromatic carbocycles. The van der Waals surface area contributed by atoms with Crippen LogP contribution in [0, 0.1) is 0 Å². The van der Waals surface area contributed by atoms with E-state index in [1.807, 2.05) is 152 Å². The second-order valence-electron chi connectivity index (χ2n) is 19.9. The summed E-state index contributed by atoms with van der Waals surface area (Å²) in [5, 5.41) is 27.0. The number of β-amino-alcohol motifs (C(OH)–C–C–N with tert-alkyl or cyclic N) is 1. The van der Waals surface area contributed by atoms with Crippen LogP contribution in [0.15, 0.2) is 146 Å². The minimum Gasteiger partial charge on any atom is -0.394 e. The summed E-state index contributed by atoms with van der Waals surface area (Å²) in [5.41, 5.74) is 12.2. The van der Waals surface area contributed by atoms with Crippen LogP contribution in [0.4, 0.5) is 22.7 Å². The molecule has 0 bridgehead atoms.